The smallest absolute Gasteiger partial charge is 0.0388 e. The first-order chi connectivity index (χ1) is 8.11. The second kappa shape index (κ2) is 11.1. The largest absolute Gasteiger partial charge is 0.0654 e. The van der Waals surface area contributed by atoms with Gasteiger partial charge in [-0.2, -0.15) is 0 Å². The number of rotatable bonds is 11. The van der Waals surface area contributed by atoms with Crippen molar-refractivity contribution in [2.24, 2.45) is 17.8 Å². The van der Waals surface area contributed by atoms with Gasteiger partial charge in [-0.25, -0.2) is 0 Å². The lowest BCUT2D eigenvalue weighted by Gasteiger charge is -2.25. The maximum Gasteiger partial charge on any atom is -0.0388 e. The summed E-state index contributed by atoms with van der Waals surface area (Å²) in [4.78, 5) is 0. The molecule has 0 aromatic rings. The second-order valence-corrected chi connectivity index (χ2v) is 6.35. The van der Waals surface area contributed by atoms with Gasteiger partial charge in [0, 0.05) is 0 Å². The van der Waals surface area contributed by atoms with Crippen molar-refractivity contribution in [2.75, 3.05) is 0 Å². The number of hydrogen-bond donors (Lipinski definition) is 0. The van der Waals surface area contributed by atoms with Crippen LogP contribution in [0, 0.1) is 17.8 Å². The van der Waals surface area contributed by atoms with Crippen LogP contribution in [-0.2, 0) is 0 Å². The van der Waals surface area contributed by atoms with Crippen molar-refractivity contribution in [1.29, 1.82) is 0 Å². The average Bonchev–Trinajstić information content (AvgIpc) is 2.30. The van der Waals surface area contributed by atoms with Gasteiger partial charge in [-0.15, -0.1) is 0 Å². The highest BCUT2D eigenvalue weighted by Gasteiger charge is 2.16. The van der Waals surface area contributed by atoms with E-state index in [4.69, 9.17) is 0 Å². The molecule has 0 N–H and O–H groups in total. The molecule has 0 heteroatoms. The Labute approximate surface area is 111 Å². The van der Waals surface area contributed by atoms with E-state index in [0.717, 1.165) is 17.8 Å². The third kappa shape index (κ3) is 9.68. The normalized spacial score (nSPS) is 15.2. The summed E-state index contributed by atoms with van der Waals surface area (Å²) in [6.07, 6.45) is 12.8. The van der Waals surface area contributed by atoms with Gasteiger partial charge in [-0.05, 0) is 24.2 Å². The minimum atomic E-state index is 0.877. The van der Waals surface area contributed by atoms with Crippen LogP contribution >= 0.6 is 0 Å². The Hall–Kier alpha value is 0. The zero-order valence-electron chi connectivity index (χ0n) is 13.1. The first-order valence-corrected chi connectivity index (χ1v) is 8.11. The standard InChI is InChI=1S/C17H36/c1-6-8-10-12-17(14-13-15(3)4)16(5)11-9-7-2/h15-17H,6-14H2,1-5H3. The maximum absolute atomic E-state index is 2.49. The molecule has 0 amide bonds. The van der Waals surface area contributed by atoms with Gasteiger partial charge in [0.1, 0.15) is 0 Å². The maximum atomic E-state index is 2.49. The molecule has 0 heterocycles. The second-order valence-electron chi connectivity index (χ2n) is 6.35. The van der Waals surface area contributed by atoms with Crippen LogP contribution in [-0.4, -0.2) is 0 Å². The SMILES string of the molecule is CCCCCC(CCC(C)C)C(C)CCCC. The van der Waals surface area contributed by atoms with Crippen molar-refractivity contribution in [3.05, 3.63) is 0 Å². The van der Waals surface area contributed by atoms with E-state index in [-0.39, 0.29) is 0 Å². The van der Waals surface area contributed by atoms with Crippen LogP contribution in [0.5, 0.6) is 0 Å². The minimum Gasteiger partial charge on any atom is -0.0654 e. The molecule has 2 unspecified atom stereocenters. The lowest BCUT2D eigenvalue weighted by Crippen LogP contribution is -2.13. The van der Waals surface area contributed by atoms with Crippen molar-refractivity contribution in [1.82, 2.24) is 0 Å². The third-order valence-electron chi connectivity index (χ3n) is 4.11. The molecule has 0 aliphatic carbocycles. The van der Waals surface area contributed by atoms with Gasteiger partial charge in [-0.3, -0.25) is 0 Å². The van der Waals surface area contributed by atoms with Gasteiger partial charge >= 0.3 is 0 Å². The average molecular weight is 240 g/mol. The van der Waals surface area contributed by atoms with Gasteiger partial charge in [0.25, 0.3) is 0 Å². The van der Waals surface area contributed by atoms with E-state index in [1.807, 2.05) is 0 Å². The Morgan fingerprint density at radius 1 is 0.647 bits per heavy atom. The van der Waals surface area contributed by atoms with Crippen LogP contribution in [0.2, 0.25) is 0 Å². The van der Waals surface area contributed by atoms with E-state index < -0.39 is 0 Å². The predicted molar refractivity (Wildman–Crippen MR) is 80.4 cm³/mol. The Morgan fingerprint density at radius 2 is 1.29 bits per heavy atom. The van der Waals surface area contributed by atoms with Gasteiger partial charge in [0.05, 0.1) is 0 Å². The fourth-order valence-electron chi connectivity index (χ4n) is 2.68. The van der Waals surface area contributed by atoms with Crippen LogP contribution in [0.3, 0.4) is 0 Å². The van der Waals surface area contributed by atoms with Crippen molar-refractivity contribution < 1.29 is 0 Å². The molecule has 0 nitrogen and oxygen atoms in total. The lowest BCUT2D eigenvalue weighted by atomic mass is 9.81. The molecule has 0 rings (SSSR count). The zero-order valence-corrected chi connectivity index (χ0v) is 13.1. The molecular formula is C17H36. The van der Waals surface area contributed by atoms with Crippen molar-refractivity contribution in [3.63, 3.8) is 0 Å². The Morgan fingerprint density at radius 3 is 1.82 bits per heavy atom. The number of hydrogen-bond acceptors (Lipinski definition) is 0. The molecule has 0 spiro atoms. The summed E-state index contributed by atoms with van der Waals surface area (Å²) in [5.41, 5.74) is 0. The predicted octanol–water partition coefficient (Wildman–Crippen LogP) is 6.45. The summed E-state index contributed by atoms with van der Waals surface area (Å²) in [6, 6.07) is 0. The Bertz CT molecular complexity index is 148. The Balaban J connectivity index is 3.98. The molecule has 0 aromatic carbocycles. The van der Waals surface area contributed by atoms with Gasteiger partial charge in [-0.1, -0.05) is 86.0 Å². The van der Waals surface area contributed by atoms with Crippen molar-refractivity contribution in [2.45, 2.75) is 92.4 Å². The first-order valence-electron chi connectivity index (χ1n) is 8.11. The summed E-state index contributed by atoms with van der Waals surface area (Å²) in [5.74, 6) is 2.82. The summed E-state index contributed by atoms with van der Waals surface area (Å²) in [6.45, 7) is 11.8. The van der Waals surface area contributed by atoms with Gasteiger partial charge < -0.3 is 0 Å². The fourth-order valence-corrected chi connectivity index (χ4v) is 2.68. The third-order valence-corrected chi connectivity index (χ3v) is 4.11. The highest BCUT2D eigenvalue weighted by atomic mass is 14.2. The van der Waals surface area contributed by atoms with E-state index >= 15 is 0 Å². The van der Waals surface area contributed by atoms with E-state index in [1.165, 1.54) is 57.8 Å². The molecule has 0 fully saturated rings. The fraction of sp³-hybridized carbons (Fsp3) is 1.00. The molecule has 0 aliphatic rings. The zero-order chi connectivity index (χ0) is 13.1. The monoisotopic (exact) mass is 240 g/mol. The summed E-state index contributed by atoms with van der Waals surface area (Å²) in [7, 11) is 0. The minimum absolute atomic E-state index is 0.877. The topological polar surface area (TPSA) is 0 Å². The first kappa shape index (κ1) is 17.0. The van der Waals surface area contributed by atoms with E-state index in [9.17, 15) is 0 Å². The van der Waals surface area contributed by atoms with Gasteiger partial charge in [0.15, 0.2) is 0 Å². The van der Waals surface area contributed by atoms with Crippen LogP contribution in [0.15, 0.2) is 0 Å². The summed E-state index contributed by atoms with van der Waals surface area (Å²) >= 11 is 0. The Kier molecular flexibility index (Phi) is 11.1. The lowest BCUT2D eigenvalue weighted by molar-refractivity contribution is 0.269. The molecule has 104 valence electrons. The highest BCUT2D eigenvalue weighted by Crippen LogP contribution is 2.29. The van der Waals surface area contributed by atoms with Crippen molar-refractivity contribution >= 4 is 0 Å². The van der Waals surface area contributed by atoms with Crippen LogP contribution in [0.4, 0.5) is 0 Å². The molecule has 0 saturated heterocycles. The molecule has 17 heavy (non-hydrogen) atoms. The molecule has 0 aliphatic heterocycles. The van der Waals surface area contributed by atoms with E-state index in [2.05, 4.69) is 34.6 Å². The molecule has 2 atom stereocenters. The van der Waals surface area contributed by atoms with Crippen LogP contribution in [0.1, 0.15) is 92.4 Å². The molecule has 0 saturated carbocycles. The van der Waals surface area contributed by atoms with Crippen LogP contribution < -0.4 is 0 Å². The molecule has 0 radical (unpaired) electrons. The molecular weight excluding hydrogens is 204 g/mol. The molecule has 0 aromatic heterocycles. The quantitative estimate of drug-likeness (QED) is 0.364. The molecule has 0 bridgehead atoms. The summed E-state index contributed by atoms with van der Waals surface area (Å²) in [5, 5.41) is 0. The van der Waals surface area contributed by atoms with Gasteiger partial charge in [0.2, 0.25) is 0 Å². The van der Waals surface area contributed by atoms with E-state index in [1.54, 1.807) is 0 Å². The van der Waals surface area contributed by atoms with Crippen LogP contribution in [0.25, 0.3) is 0 Å². The van der Waals surface area contributed by atoms with Crippen molar-refractivity contribution in [3.8, 4) is 0 Å². The highest BCUT2D eigenvalue weighted by molar-refractivity contribution is 4.68. The summed E-state index contributed by atoms with van der Waals surface area (Å²) < 4.78 is 0. The number of unbranched alkanes of at least 4 members (excludes halogenated alkanes) is 3. The van der Waals surface area contributed by atoms with E-state index in [0.29, 0.717) is 0 Å².